The lowest BCUT2D eigenvalue weighted by atomic mass is 10.2. The number of carbonyl (C=O) groups excluding carboxylic acids is 1. The van der Waals surface area contributed by atoms with Gasteiger partial charge in [0.05, 0.1) is 12.7 Å². The van der Waals surface area contributed by atoms with E-state index in [2.05, 4.69) is 16.1 Å². The van der Waals surface area contributed by atoms with Crippen LogP contribution in [0.2, 0.25) is 0 Å². The summed E-state index contributed by atoms with van der Waals surface area (Å²) in [5.74, 6) is 3.25. The third kappa shape index (κ3) is 2.16. The van der Waals surface area contributed by atoms with E-state index in [4.69, 9.17) is 12.2 Å². The molecule has 0 aromatic carbocycles. The maximum Gasteiger partial charge on any atom is 0.260 e. The molecule has 1 aliphatic rings. The van der Waals surface area contributed by atoms with Crippen LogP contribution in [0.4, 0.5) is 5.82 Å². The topological polar surface area (TPSA) is 75.0 Å². The molecule has 5 heteroatoms. The minimum atomic E-state index is -0.142. The Morgan fingerprint density at radius 3 is 3.00 bits per heavy atom. The molecule has 0 atom stereocenters. The van der Waals surface area contributed by atoms with E-state index in [1.165, 1.54) is 19.0 Å². The molecule has 0 radical (unpaired) electrons. The molecule has 1 amide bonds. The van der Waals surface area contributed by atoms with Gasteiger partial charge in [-0.25, -0.2) is 0 Å². The van der Waals surface area contributed by atoms with Gasteiger partial charge in [0.15, 0.2) is 0 Å². The molecule has 0 saturated heterocycles. The van der Waals surface area contributed by atoms with Crippen LogP contribution < -0.4 is 5.73 Å². The Balaban J connectivity index is 2.10. The second-order valence-electron chi connectivity index (χ2n) is 4.03. The van der Waals surface area contributed by atoms with E-state index in [1.807, 2.05) is 0 Å². The van der Waals surface area contributed by atoms with Crippen molar-refractivity contribution >= 4 is 11.7 Å². The molecular weight excluding hydrogens is 204 g/mol. The fraction of sp³-hybridized carbons (Fsp3) is 0.455. The van der Waals surface area contributed by atoms with Gasteiger partial charge in [-0.15, -0.1) is 6.42 Å². The fourth-order valence-corrected chi connectivity index (χ4v) is 1.58. The molecule has 0 bridgehead atoms. The molecule has 1 aromatic rings. The molecule has 3 N–H and O–H groups in total. The van der Waals surface area contributed by atoms with Crippen molar-refractivity contribution in [1.82, 2.24) is 15.1 Å². The zero-order valence-corrected chi connectivity index (χ0v) is 8.94. The summed E-state index contributed by atoms with van der Waals surface area (Å²) in [5, 5.41) is 6.28. The number of nitrogens with zero attached hydrogens (tertiary/aromatic N) is 2. The summed E-state index contributed by atoms with van der Waals surface area (Å²) in [6.45, 7) is 1.04. The van der Waals surface area contributed by atoms with E-state index in [9.17, 15) is 4.79 Å². The lowest BCUT2D eigenvalue weighted by molar-refractivity contribution is 0.0771. The smallest absolute Gasteiger partial charge is 0.260 e. The van der Waals surface area contributed by atoms with Crippen LogP contribution in [0.1, 0.15) is 23.2 Å². The minimum absolute atomic E-state index is 0.142. The zero-order chi connectivity index (χ0) is 11.5. The first-order valence-electron chi connectivity index (χ1n) is 5.24. The van der Waals surface area contributed by atoms with Gasteiger partial charge in [-0.3, -0.25) is 9.89 Å². The summed E-state index contributed by atoms with van der Waals surface area (Å²) < 4.78 is 0. The van der Waals surface area contributed by atoms with Crippen molar-refractivity contribution in [2.45, 2.75) is 12.8 Å². The lowest BCUT2D eigenvalue weighted by Crippen LogP contribution is -2.33. The van der Waals surface area contributed by atoms with Crippen LogP contribution >= 0.6 is 0 Å². The molecule has 1 saturated carbocycles. The van der Waals surface area contributed by atoms with E-state index in [0.29, 0.717) is 30.4 Å². The molecule has 0 unspecified atom stereocenters. The third-order valence-electron chi connectivity index (χ3n) is 2.64. The number of nitrogens with two attached hydrogens (primary N) is 1. The van der Waals surface area contributed by atoms with Crippen LogP contribution in [-0.2, 0) is 0 Å². The Morgan fingerprint density at radius 2 is 2.50 bits per heavy atom. The number of terminal acetylenes is 1. The first kappa shape index (κ1) is 10.6. The Morgan fingerprint density at radius 1 is 1.75 bits per heavy atom. The second-order valence-corrected chi connectivity index (χ2v) is 4.03. The van der Waals surface area contributed by atoms with Gasteiger partial charge in [-0.1, -0.05) is 5.92 Å². The summed E-state index contributed by atoms with van der Waals surface area (Å²) in [4.78, 5) is 13.7. The van der Waals surface area contributed by atoms with Crippen LogP contribution in [0.15, 0.2) is 6.20 Å². The van der Waals surface area contributed by atoms with Crippen LogP contribution in [-0.4, -0.2) is 34.1 Å². The zero-order valence-electron chi connectivity index (χ0n) is 8.94. The van der Waals surface area contributed by atoms with Crippen LogP contribution in [0.25, 0.3) is 0 Å². The highest BCUT2D eigenvalue weighted by molar-refractivity contribution is 5.98. The predicted octanol–water partition coefficient (Wildman–Crippen LogP) is 0.477. The van der Waals surface area contributed by atoms with Gasteiger partial charge >= 0.3 is 0 Å². The third-order valence-corrected chi connectivity index (χ3v) is 2.64. The van der Waals surface area contributed by atoms with Gasteiger partial charge in [0.1, 0.15) is 11.4 Å². The number of amides is 1. The van der Waals surface area contributed by atoms with Crippen molar-refractivity contribution in [3.63, 3.8) is 0 Å². The van der Waals surface area contributed by atoms with E-state index >= 15 is 0 Å². The molecule has 0 aliphatic heterocycles. The summed E-state index contributed by atoms with van der Waals surface area (Å²) in [5.41, 5.74) is 6.00. The Labute approximate surface area is 94.0 Å². The number of aromatic nitrogens is 2. The largest absolute Gasteiger partial charge is 0.383 e. The minimum Gasteiger partial charge on any atom is -0.383 e. The Kier molecular flexibility index (Phi) is 2.82. The average Bonchev–Trinajstić information content (AvgIpc) is 2.98. The second kappa shape index (κ2) is 4.27. The molecule has 1 fully saturated rings. The van der Waals surface area contributed by atoms with E-state index < -0.39 is 0 Å². The molecular formula is C11H14N4O. The van der Waals surface area contributed by atoms with E-state index in [-0.39, 0.29) is 5.91 Å². The first-order valence-corrected chi connectivity index (χ1v) is 5.24. The molecule has 1 aliphatic carbocycles. The van der Waals surface area contributed by atoms with Crippen LogP contribution in [0.5, 0.6) is 0 Å². The number of hydrogen-bond acceptors (Lipinski definition) is 3. The highest BCUT2D eigenvalue weighted by Crippen LogP contribution is 2.30. The summed E-state index contributed by atoms with van der Waals surface area (Å²) in [7, 11) is 0. The highest BCUT2D eigenvalue weighted by Gasteiger charge is 2.27. The monoisotopic (exact) mass is 218 g/mol. The number of carbonyl (C=O) groups is 1. The highest BCUT2D eigenvalue weighted by atomic mass is 16.2. The van der Waals surface area contributed by atoms with Gasteiger partial charge in [0.25, 0.3) is 5.91 Å². The standard InChI is InChI=1S/C11H14N4O/c1-2-5-15(7-8-3-4-8)11(16)9-6-13-14-10(9)12/h1,6,8H,3-5,7H2,(H3,12,13,14). The molecule has 2 rings (SSSR count). The maximum atomic E-state index is 12.1. The lowest BCUT2D eigenvalue weighted by Gasteiger charge is -2.19. The quantitative estimate of drug-likeness (QED) is 0.722. The average molecular weight is 218 g/mol. The summed E-state index contributed by atoms with van der Waals surface area (Å²) in [6, 6.07) is 0. The molecule has 1 heterocycles. The Bertz CT molecular complexity index is 427. The van der Waals surface area contributed by atoms with Crippen molar-refractivity contribution in [3.05, 3.63) is 11.8 Å². The van der Waals surface area contributed by atoms with Gasteiger partial charge in [-0.2, -0.15) is 5.10 Å². The predicted molar refractivity (Wildman–Crippen MR) is 60.5 cm³/mol. The molecule has 84 valence electrons. The maximum absolute atomic E-state index is 12.1. The number of nitrogen functional groups attached to an aromatic ring is 1. The van der Waals surface area contributed by atoms with Crippen LogP contribution in [0.3, 0.4) is 0 Å². The molecule has 5 nitrogen and oxygen atoms in total. The van der Waals surface area contributed by atoms with Gasteiger partial charge < -0.3 is 10.6 Å². The summed E-state index contributed by atoms with van der Waals surface area (Å²) >= 11 is 0. The number of hydrogen-bond donors (Lipinski definition) is 2. The van der Waals surface area contributed by atoms with Crippen molar-refractivity contribution < 1.29 is 4.79 Å². The van der Waals surface area contributed by atoms with Gasteiger partial charge in [0.2, 0.25) is 0 Å². The van der Waals surface area contributed by atoms with Crippen LogP contribution in [0, 0.1) is 18.3 Å². The van der Waals surface area contributed by atoms with Gasteiger partial charge in [-0.05, 0) is 18.8 Å². The van der Waals surface area contributed by atoms with Gasteiger partial charge in [0, 0.05) is 6.54 Å². The molecule has 16 heavy (non-hydrogen) atoms. The number of aromatic amines is 1. The van der Waals surface area contributed by atoms with Crippen molar-refractivity contribution in [1.29, 1.82) is 0 Å². The fourth-order valence-electron chi connectivity index (χ4n) is 1.58. The first-order chi connectivity index (χ1) is 7.72. The van der Waals surface area contributed by atoms with Crippen molar-refractivity contribution in [3.8, 4) is 12.3 Å². The molecule has 1 aromatic heterocycles. The van der Waals surface area contributed by atoms with E-state index in [1.54, 1.807) is 4.90 Å². The van der Waals surface area contributed by atoms with E-state index in [0.717, 1.165) is 0 Å². The number of H-pyrrole nitrogens is 1. The number of rotatable bonds is 4. The molecule has 0 spiro atoms. The summed E-state index contributed by atoms with van der Waals surface area (Å²) in [6.07, 6.45) is 9.05. The normalized spacial score (nSPS) is 14.4. The Hall–Kier alpha value is -1.96. The number of nitrogens with one attached hydrogen (secondary N) is 1. The SMILES string of the molecule is C#CCN(CC1CC1)C(=O)c1cn[nH]c1N. The number of anilines is 1. The van der Waals surface area contributed by atoms with Crippen molar-refractivity contribution in [2.24, 2.45) is 5.92 Å². The van der Waals surface area contributed by atoms with Crippen molar-refractivity contribution in [2.75, 3.05) is 18.8 Å².